The van der Waals surface area contributed by atoms with Crippen molar-refractivity contribution in [3.05, 3.63) is 48.2 Å². The van der Waals surface area contributed by atoms with Gasteiger partial charge in [-0.25, -0.2) is 4.98 Å². The molecule has 4 heterocycles. The second-order valence-corrected chi connectivity index (χ2v) is 8.70. The molecule has 0 N–H and O–H groups in total. The van der Waals surface area contributed by atoms with E-state index in [0.717, 1.165) is 55.0 Å². The topological polar surface area (TPSA) is 50.7 Å². The summed E-state index contributed by atoms with van der Waals surface area (Å²) in [6.45, 7) is 7.30. The van der Waals surface area contributed by atoms with E-state index in [0.29, 0.717) is 5.19 Å². The van der Waals surface area contributed by atoms with Crippen molar-refractivity contribution in [1.82, 2.24) is 19.8 Å². The van der Waals surface area contributed by atoms with Gasteiger partial charge in [0.05, 0.1) is 17.9 Å². The third-order valence-corrected chi connectivity index (χ3v) is 6.69. The first-order chi connectivity index (χ1) is 14.3. The maximum Gasteiger partial charge on any atom is 0.281 e. The third kappa shape index (κ3) is 4.59. The van der Waals surface area contributed by atoms with E-state index in [1.165, 1.54) is 42.8 Å². The number of hydrogen-bond donors (Lipinski definition) is 0. The van der Waals surface area contributed by atoms with Crippen LogP contribution in [0.4, 0.5) is 0 Å². The number of fused-ring (bicyclic) bond motifs is 1. The molecule has 2 aliphatic heterocycles. The number of rotatable bonds is 5. The number of ether oxygens (including phenoxy) is 2. The maximum atomic E-state index is 5.93. The number of aromatic nitrogens is 2. The standard InChI is InChI=1S/C22H26N4O2S/c1-2-20-21(23-9-1)24-22(29-20)28-19-5-3-17(4-6-19)16-25-10-7-18(8-11-25)26-12-14-27-15-13-26/h1-6,9,18H,7-8,10-16H2. The monoisotopic (exact) mass is 410 g/mol. The molecule has 0 radical (unpaired) electrons. The highest BCUT2D eigenvalue weighted by Gasteiger charge is 2.25. The van der Waals surface area contributed by atoms with Crippen LogP contribution in [0.15, 0.2) is 42.6 Å². The summed E-state index contributed by atoms with van der Waals surface area (Å²) in [7, 11) is 0. The number of thiazole rings is 1. The van der Waals surface area contributed by atoms with Crippen molar-refractivity contribution in [2.24, 2.45) is 0 Å². The van der Waals surface area contributed by atoms with Crippen LogP contribution in [0.3, 0.4) is 0 Å². The SMILES string of the molecule is c1cnc2nc(Oc3ccc(CN4CCC(N5CCOCC5)CC4)cc3)sc2c1. The Morgan fingerprint density at radius 3 is 2.59 bits per heavy atom. The lowest BCUT2D eigenvalue weighted by Crippen LogP contribution is -2.48. The highest BCUT2D eigenvalue weighted by Crippen LogP contribution is 2.30. The van der Waals surface area contributed by atoms with Crippen LogP contribution in [-0.4, -0.2) is 65.2 Å². The summed E-state index contributed by atoms with van der Waals surface area (Å²) in [5.74, 6) is 0.818. The summed E-state index contributed by atoms with van der Waals surface area (Å²) in [5.41, 5.74) is 2.07. The Kier molecular flexibility index (Phi) is 5.71. The van der Waals surface area contributed by atoms with Crippen LogP contribution >= 0.6 is 11.3 Å². The molecule has 1 aromatic carbocycles. The van der Waals surface area contributed by atoms with Gasteiger partial charge in [-0.1, -0.05) is 23.5 Å². The zero-order valence-corrected chi connectivity index (χ0v) is 17.3. The van der Waals surface area contributed by atoms with E-state index < -0.39 is 0 Å². The van der Waals surface area contributed by atoms with E-state index in [9.17, 15) is 0 Å². The first-order valence-corrected chi connectivity index (χ1v) is 11.2. The fourth-order valence-electron chi connectivity index (χ4n) is 4.20. The molecule has 0 amide bonds. The average molecular weight is 411 g/mol. The number of piperidine rings is 1. The summed E-state index contributed by atoms with van der Waals surface area (Å²) >= 11 is 1.52. The summed E-state index contributed by atoms with van der Waals surface area (Å²) in [4.78, 5) is 13.9. The molecule has 0 bridgehead atoms. The molecule has 0 saturated carbocycles. The summed E-state index contributed by atoms with van der Waals surface area (Å²) in [6.07, 6.45) is 4.27. The predicted octanol–water partition coefficient (Wildman–Crippen LogP) is 3.78. The Hall–Kier alpha value is -2.06. The second kappa shape index (κ2) is 8.75. The van der Waals surface area contributed by atoms with Gasteiger partial charge in [-0.05, 0) is 55.8 Å². The Morgan fingerprint density at radius 2 is 1.83 bits per heavy atom. The molecule has 6 nitrogen and oxygen atoms in total. The minimum atomic E-state index is 0.636. The number of nitrogens with zero attached hydrogens (tertiary/aromatic N) is 4. The maximum absolute atomic E-state index is 5.93. The molecule has 0 atom stereocenters. The van der Waals surface area contributed by atoms with Crippen LogP contribution in [-0.2, 0) is 11.3 Å². The average Bonchev–Trinajstić information content (AvgIpc) is 3.19. The van der Waals surface area contributed by atoms with Gasteiger partial charge in [0.1, 0.15) is 5.75 Å². The zero-order chi connectivity index (χ0) is 19.5. The van der Waals surface area contributed by atoms with E-state index in [1.807, 2.05) is 24.3 Å². The smallest absolute Gasteiger partial charge is 0.281 e. The molecular weight excluding hydrogens is 384 g/mol. The summed E-state index contributed by atoms with van der Waals surface area (Å²) < 4.78 is 12.5. The van der Waals surface area contributed by atoms with Gasteiger partial charge in [0.15, 0.2) is 5.65 Å². The Labute approximate surface area is 175 Å². The molecule has 0 spiro atoms. The van der Waals surface area contributed by atoms with Gasteiger partial charge in [-0.3, -0.25) is 9.80 Å². The van der Waals surface area contributed by atoms with Crippen molar-refractivity contribution in [1.29, 1.82) is 0 Å². The van der Waals surface area contributed by atoms with Gasteiger partial charge in [-0.15, -0.1) is 0 Å². The number of hydrogen-bond acceptors (Lipinski definition) is 7. The number of morpholine rings is 1. The Balaban J connectivity index is 1.14. The highest BCUT2D eigenvalue weighted by molar-refractivity contribution is 7.20. The van der Waals surface area contributed by atoms with Crippen molar-refractivity contribution in [2.75, 3.05) is 39.4 Å². The van der Waals surface area contributed by atoms with Crippen LogP contribution in [0, 0.1) is 0 Å². The largest absolute Gasteiger partial charge is 0.431 e. The first kappa shape index (κ1) is 18.9. The fraction of sp³-hybridized carbons (Fsp3) is 0.455. The fourth-order valence-corrected chi connectivity index (χ4v) is 4.99. The first-order valence-electron chi connectivity index (χ1n) is 10.4. The van der Waals surface area contributed by atoms with E-state index in [2.05, 4.69) is 31.9 Å². The normalized spacial score (nSPS) is 19.6. The summed E-state index contributed by atoms with van der Waals surface area (Å²) in [6, 6.07) is 13.1. The molecule has 7 heteroatoms. The zero-order valence-electron chi connectivity index (χ0n) is 16.5. The van der Waals surface area contributed by atoms with E-state index >= 15 is 0 Å². The third-order valence-electron chi connectivity index (χ3n) is 5.80. The van der Waals surface area contributed by atoms with Crippen LogP contribution < -0.4 is 4.74 Å². The lowest BCUT2D eigenvalue weighted by atomic mass is 10.0. The van der Waals surface area contributed by atoms with Crippen LogP contribution in [0.25, 0.3) is 10.3 Å². The number of pyridine rings is 1. The quantitative estimate of drug-likeness (QED) is 0.638. The molecule has 2 saturated heterocycles. The minimum Gasteiger partial charge on any atom is -0.431 e. The van der Waals surface area contributed by atoms with Crippen LogP contribution in [0.5, 0.6) is 10.9 Å². The van der Waals surface area contributed by atoms with Crippen molar-refractivity contribution in [3.8, 4) is 10.9 Å². The lowest BCUT2D eigenvalue weighted by molar-refractivity contribution is 0.000230. The lowest BCUT2D eigenvalue weighted by Gasteiger charge is -2.40. The second-order valence-electron chi connectivity index (χ2n) is 7.71. The number of likely N-dealkylation sites (tertiary alicyclic amines) is 1. The van der Waals surface area contributed by atoms with Gasteiger partial charge >= 0.3 is 0 Å². The van der Waals surface area contributed by atoms with Gasteiger partial charge in [0.25, 0.3) is 5.19 Å². The predicted molar refractivity (Wildman–Crippen MR) is 115 cm³/mol. The molecule has 2 aliphatic rings. The molecule has 2 aromatic heterocycles. The highest BCUT2D eigenvalue weighted by atomic mass is 32.1. The van der Waals surface area contributed by atoms with E-state index in [-0.39, 0.29) is 0 Å². The van der Waals surface area contributed by atoms with Gasteiger partial charge in [0.2, 0.25) is 0 Å². The molecule has 0 aliphatic carbocycles. The van der Waals surface area contributed by atoms with Crippen molar-refractivity contribution >= 4 is 21.7 Å². The molecule has 3 aromatic rings. The molecule has 29 heavy (non-hydrogen) atoms. The molecular formula is C22H26N4O2S. The molecule has 5 rings (SSSR count). The van der Waals surface area contributed by atoms with E-state index in [1.54, 1.807) is 6.20 Å². The minimum absolute atomic E-state index is 0.636. The Morgan fingerprint density at radius 1 is 1.03 bits per heavy atom. The van der Waals surface area contributed by atoms with Crippen molar-refractivity contribution < 1.29 is 9.47 Å². The van der Waals surface area contributed by atoms with Gasteiger partial charge in [0, 0.05) is 31.9 Å². The van der Waals surface area contributed by atoms with Crippen LogP contribution in [0.2, 0.25) is 0 Å². The molecule has 152 valence electrons. The van der Waals surface area contributed by atoms with Gasteiger partial charge < -0.3 is 9.47 Å². The number of benzene rings is 1. The molecule has 2 fully saturated rings. The summed E-state index contributed by atoms with van der Waals surface area (Å²) in [5, 5.41) is 0.636. The van der Waals surface area contributed by atoms with Crippen LogP contribution in [0.1, 0.15) is 18.4 Å². The van der Waals surface area contributed by atoms with E-state index in [4.69, 9.17) is 9.47 Å². The molecule has 0 unspecified atom stereocenters. The van der Waals surface area contributed by atoms with Crippen molar-refractivity contribution in [3.63, 3.8) is 0 Å². The van der Waals surface area contributed by atoms with Gasteiger partial charge in [-0.2, -0.15) is 4.98 Å². The Bertz CT molecular complexity index is 898. The van der Waals surface area contributed by atoms with Crippen molar-refractivity contribution in [2.45, 2.75) is 25.4 Å².